The number of carbonyl (C=O) groups excluding carboxylic acids is 1. The number of hydrogen-bond donors (Lipinski definition) is 0. The topological polar surface area (TPSA) is 20.3 Å². The highest BCUT2D eigenvalue weighted by Crippen LogP contribution is 2.50. The molecule has 3 rings (SSSR count). The van der Waals surface area contributed by atoms with E-state index in [1.165, 1.54) is 51.4 Å². The van der Waals surface area contributed by atoms with Gasteiger partial charge in [-0.05, 0) is 50.4 Å². The summed E-state index contributed by atoms with van der Waals surface area (Å²) in [6.45, 7) is 0. The van der Waals surface area contributed by atoms with Gasteiger partial charge in [0, 0.05) is 23.8 Å². The summed E-state index contributed by atoms with van der Waals surface area (Å²) in [5, 5.41) is 0. The van der Waals surface area contributed by atoms with Crippen molar-refractivity contribution in [3.05, 3.63) is 0 Å². The maximum absolute atomic E-state index is 12.8. The normalized spacial score (nSPS) is 32.6. The van der Waals surface area contributed by atoms with Crippen molar-refractivity contribution >= 4 is 21.8 Å². The summed E-state index contributed by atoms with van der Waals surface area (Å²) in [5.41, 5.74) is 0. The third kappa shape index (κ3) is 2.61. The maximum Gasteiger partial charge on any atom is 0.226 e. The average Bonchev–Trinajstić information content (AvgIpc) is 3.23. The van der Waals surface area contributed by atoms with Gasteiger partial charge >= 0.3 is 0 Å². The minimum atomic E-state index is 0.372. The fourth-order valence-corrected chi connectivity index (χ4v) is 4.54. The van der Waals surface area contributed by atoms with E-state index in [1.54, 1.807) is 0 Å². The van der Waals surface area contributed by atoms with Crippen LogP contribution in [0.15, 0.2) is 0 Å². The van der Waals surface area contributed by atoms with E-state index >= 15 is 0 Å². The van der Waals surface area contributed by atoms with Gasteiger partial charge in [0.2, 0.25) is 5.91 Å². The molecule has 2 nitrogen and oxygen atoms in total. The molecule has 18 heavy (non-hydrogen) atoms. The fraction of sp³-hybridized carbons (Fsp3) is 0.933. The van der Waals surface area contributed by atoms with Crippen LogP contribution < -0.4 is 0 Å². The largest absolute Gasteiger partial charge is 0.341 e. The summed E-state index contributed by atoms with van der Waals surface area (Å²) in [6, 6.07) is 0.436. The zero-order chi connectivity index (χ0) is 12.7. The van der Waals surface area contributed by atoms with Crippen molar-refractivity contribution in [1.29, 1.82) is 0 Å². The lowest BCUT2D eigenvalue weighted by atomic mass is 9.91. The standard InChI is InChI=1S/C15H24BrNO/c1-17(13-5-3-2-4-12(13)16)15(18)14(10-6-7-10)11-8-9-11/h10-14H,2-9H2,1H3. The van der Waals surface area contributed by atoms with Gasteiger partial charge in [-0.25, -0.2) is 0 Å². The van der Waals surface area contributed by atoms with Gasteiger partial charge in [0.05, 0.1) is 0 Å². The summed E-state index contributed by atoms with van der Waals surface area (Å²) < 4.78 is 0. The van der Waals surface area contributed by atoms with Gasteiger partial charge in [0.1, 0.15) is 0 Å². The van der Waals surface area contributed by atoms with Crippen LogP contribution in [0.4, 0.5) is 0 Å². The summed E-state index contributed by atoms with van der Waals surface area (Å²) in [6.07, 6.45) is 10.2. The molecule has 3 heteroatoms. The van der Waals surface area contributed by atoms with E-state index in [-0.39, 0.29) is 0 Å². The van der Waals surface area contributed by atoms with Gasteiger partial charge in [0.15, 0.2) is 0 Å². The van der Waals surface area contributed by atoms with E-state index in [9.17, 15) is 4.79 Å². The predicted octanol–water partition coefficient (Wildman–Crippen LogP) is 3.59. The molecule has 0 bridgehead atoms. The third-order valence-electron chi connectivity index (χ3n) is 5.04. The van der Waals surface area contributed by atoms with Gasteiger partial charge < -0.3 is 4.90 Å². The Bertz CT molecular complexity index is 312. The second-order valence-corrected chi connectivity index (χ2v) is 7.69. The molecule has 0 heterocycles. The fourth-order valence-electron chi connectivity index (χ4n) is 3.60. The van der Waals surface area contributed by atoms with Crippen LogP contribution in [0, 0.1) is 17.8 Å². The summed E-state index contributed by atoms with van der Waals surface area (Å²) in [5.74, 6) is 2.28. The van der Waals surface area contributed by atoms with Gasteiger partial charge in [-0.3, -0.25) is 4.79 Å². The Balaban J connectivity index is 1.66. The van der Waals surface area contributed by atoms with Crippen LogP contribution in [-0.4, -0.2) is 28.7 Å². The Kier molecular flexibility index (Phi) is 3.70. The average molecular weight is 314 g/mol. The molecule has 3 aliphatic carbocycles. The molecule has 0 aromatic carbocycles. The highest BCUT2D eigenvalue weighted by Gasteiger charge is 2.47. The Hall–Kier alpha value is -0.0500. The van der Waals surface area contributed by atoms with Gasteiger partial charge in [-0.1, -0.05) is 28.8 Å². The number of alkyl halides is 1. The summed E-state index contributed by atoms with van der Waals surface area (Å²) >= 11 is 3.78. The minimum Gasteiger partial charge on any atom is -0.341 e. The molecule has 3 fully saturated rings. The highest BCUT2D eigenvalue weighted by molar-refractivity contribution is 9.09. The Morgan fingerprint density at radius 2 is 1.61 bits per heavy atom. The van der Waals surface area contributed by atoms with Crippen molar-refractivity contribution in [3.8, 4) is 0 Å². The monoisotopic (exact) mass is 313 g/mol. The van der Waals surface area contributed by atoms with Crippen molar-refractivity contribution in [3.63, 3.8) is 0 Å². The first kappa shape index (κ1) is 13.0. The van der Waals surface area contributed by atoms with Crippen LogP contribution in [0.3, 0.4) is 0 Å². The molecule has 2 unspecified atom stereocenters. The molecule has 0 aliphatic heterocycles. The molecule has 2 atom stereocenters. The molecule has 3 aliphatic rings. The number of rotatable bonds is 4. The van der Waals surface area contributed by atoms with E-state index in [2.05, 4.69) is 20.8 Å². The van der Waals surface area contributed by atoms with Crippen LogP contribution in [0.1, 0.15) is 51.4 Å². The van der Waals surface area contributed by atoms with E-state index < -0.39 is 0 Å². The molecular weight excluding hydrogens is 290 g/mol. The number of hydrogen-bond acceptors (Lipinski definition) is 1. The van der Waals surface area contributed by atoms with Crippen LogP contribution in [0.5, 0.6) is 0 Å². The van der Waals surface area contributed by atoms with E-state index in [1.807, 2.05) is 7.05 Å². The smallest absolute Gasteiger partial charge is 0.226 e. The lowest BCUT2D eigenvalue weighted by Gasteiger charge is -2.37. The third-order valence-corrected chi connectivity index (χ3v) is 6.11. The minimum absolute atomic E-state index is 0.372. The Morgan fingerprint density at radius 1 is 1.06 bits per heavy atom. The Labute approximate surface area is 119 Å². The molecule has 3 saturated carbocycles. The first-order valence-corrected chi connectivity index (χ1v) is 8.51. The molecule has 0 aromatic rings. The second-order valence-electron chi connectivity index (χ2n) is 6.52. The maximum atomic E-state index is 12.8. The van der Waals surface area contributed by atoms with Crippen LogP contribution in [-0.2, 0) is 4.79 Å². The first-order valence-electron chi connectivity index (χ1n) is 7.59. The summed E-state index contributed by atoms with van der Waals surface area (Å²) in [7, 11) is 2.05. The lowest BCUT2D eigenvalue weighted by molar-refractivity contribution is -0.138. The summed E-state index contributed by atoms with van der Waals surface area (Å²) in [4.78, 5) is 15.4. The van der Waals surface area contributed by atoms with Crippen LogP contribution >= 0.6 is 15.9 Å². The SMILES string of the molecule is CN(C(=O)C(C1CC1)C1CC1)C1CCCCC1Br. The van der Waals surface area contributed by atoms with Crippen molar-refractivity contribution in [1.82, 2.24) is 4.90 Å². The van der Waals surface area contributed by atoms with Gasteiger partial charge in [0.25, 0.3) is 0 Å². The van der Waals surface area contributed by atoms with E-state index in [4.69, 9.17) is 0 Å². The zero-order valence-electron chi connectivity index (χ0n) is 11.3. The van der Waals surface area contributed by atoms with Crippen molar-refractivity contribution < 1.29 is 4.79 Å². The number of halogens is 1. The molecule has 0 N–H and O–H groups in total. The molecule has 0 spiro atoms. The van der Waals surface area contributed by atoms with Crippen LogP contribution in [0.2, 0.25) is 0 Å². The molecule has 102 valence electrons. The molecular formula is C15H24BrNO. The Morgan fingerprint density at radius 3 is 2.11 bits per heavy atom. The lowest BCUT2D eigenvalue weighted by Crippen LogP contribution is -2.47. The molecule has 0 radical (unpaired) electrons. The molecule has 0 aromatic heterocycles. The number of nitrogens with zero attached hydrogens (tertiary/aromatic N) is 1. The predicted molar refractivity (Wildman–Crippen MR) is 76.7 cm³/mol. The molecule has 0 saturated heterocycles. The quantitative estimate of drug-likeness (QED) is 0.726. The zero-order valence-corrected chi connectivity index (χ0v) is 12.9. The van der Waals surface area contributed by atoms with Gasteiger partial charge in [-0.2, -0.15) is 0 Å². The number of carbonyl (C=O) groups is 1. The van der Waals surface area contributed by atoms with E-state index in [0.29, 0.717) is 22.7 Å². The number of amides is 1. The van der Waals surface area contributed by atoms with Crippen molar-refractivity contribution in [2.24, 2.45) is 17.8 Å². The first-order chi connectivity index (χ1) is 8.68. The van der Waals surface area contributed by atoms with Crippen molar-refractivity contribution in [2.45, 2.75) is 62.2 Å². The van der Waals surface area contributed by atoms with Crippen LogP contribution in [0.25, 0.3) is 0 Å². The second kappa shape index (κ2) is 5.15. The van der Waals surface area contributed by atoms with Gasteiger partial charge in [-0.15, -0.1) is 0 Å². The highest BCUT2D eigenvalue weighted by atomic mass is 79.9. The molecule has 1 amide bonds. The van der Waals surface area contributed by atoms with Crippen molar-refractivity contribution in [2.75, 3.05) is 7.05 Å². The van der Waals surface area contributed by atoms with E-state index in [0.717, 1.165) is 11.8 Å².